The summed E-state index contributed by atoms with van der Waals surface area (Å²) < 4.78 is 8.88. The van der Waals surface area contributed by atoms with E-state index in [2.05, 4.69) is 0 Å². The first-order chi connectivity index (χ1) is 2.00. The van der Waals surface area contributed by atoms with Gasteiger partial charge in [-0.1, -0.05) is 0 Å². The summed E-state index contributed by atoms with van der Waals surface area (Å²) in [6.45, 7) is 0. The minimum Gasteiger partial charge on any atom is -1.00 e. The SMILES string of the molecule is O.O.O.O=P(O)(O)O.[Ba+2].[Ba+2].[Ba+2].[H-].[H-].[H-].[H-].[H-].[H-]. The first-order valence-electron chi connectivity index (χ1n) is 0.783. The Morgan fingerprint density at radius 2 is 0.818 bits per heavy atom. The molecule has 0 saturated heterocycles. The molecule has 0 aliphatic carbocycles. The van der Waals surface area contributed by atoms with Crippen LogP contribution in [-0.2, 0) is 4.57 Å². The molecule has 68 valence electrons. The van der Waals surface area contributed by atoms with Gasteiger partial charge in [-0.2, -0.15) is 0 Å². The maximum atomic E-state index is 8.88. The van der Waals surface area contributed by atoms with Gasteiger partial charge in [-0.25, -0.2) is 4.57 Å². The third-order valence-corrected chi connectivity index (χ3v) is 0. The van der Waals surface area contributed by atoms with Gasteiger partial charge in [0, 0.05) is 0 Å². The van der Waals surface area contributed by atoms with E-state index in [1.54, 1.807) is 0 Å². The topological polar surface area (TPSA) is 172 Å². The molecular weight excluding hydrogens is 555 g/mol. The van der Waals surface area contributed by atoms with Crippen molar-refractivity contribution in [1.82, 2.24) is 0 Å². The van der Waals surface area contributed by atoms with Crippen LogP contribution >= 0.6 is 7.82 Å². The van der Waals surface area contributed by atoms with Crippen molar-refractivity contribution in [2.75, 3.05) is 0 Å². The Labute approximate surface area is 193 Å². The number of hydrogen-bond acceptors (Lipinski definition) is 1. The fourth-order valence-corrected chi connectivity index (χ4v) is 0. The van der Waals surface area contributed by atoms with Crippen LogP contribution in [0.4, 0.5) is 0 Å². The minimum atomic E-state index is -4.64. The van der Waals surface area contributed by atoms with Gasteiger partial charge in [0.05, 0.1) is 0 Å². The van der Waals surface area contributed by atoms with Gasteiger partial charge in [-0.3, -0.25) is 0 Å². The molecule has 0 aromatic heterocycles. The van der Waals surface area contributed by atoms with E-state index in [1.165, 1.54) is 0 Å². The molecule has 0 aromatic rings. The molecule has 0 spiro atoms. The predicted molar refractivity (Wildman–Crippen MR) is 49.0 cm³/mol. The fraction of sp³-hybridized carbons (Fsp3) is 0. The van der Waals surface area contributed by atoms with E-state index in [1.807, 2.05) is 0 Å². The van der Waals surface area contributed by atoms with Crippen molar-refractivity contribution in [2.24, 2.45) is 0 Å². The fourth-order valence-electron chi connectivity index (χ4n) is 0. The van der Waals surface area contributed by atoms with E-state index < -0.39 is 7.82 Å². The molecule has 0 aliphatic rings. The summed E-state index contributed by atoms with van der Waals surface area (Å²) in [6, 6.07) is 0. The van der Waals surface area contributed by atoms with Crippen LogP contribution in [0.2, 0.25) is 0 Å². The van der Waals surface area contributed by atoms with Crippen LogP contribution in [0.15, 0.2) is 0 Å². The van der Waals surface area contributed by atoms with Gasteiger partial charge in [-0.05, 0) is 0 Å². The van der Waals surface area contributed by atoms with E-state index >= 15 is 0 Å². The molecule has 0 atom stereocenters. The molecule has 11 heteroatoms. The monoisotopic (exact) mass is 572 g/mol. The second kappa shape index (κ2) is 24.1. The van der Waals surface area contributed by atoms with Crippen LogP contribution in [-0.4, -0.2) is 178 Å². The molecule has 0 rings (SSSR count). The van der Waals surface area contributed by atoms with Crippen molar-refractivity contribution >= 4 is 154 Å². The molecule has 7 nitrogen and oxygen atoms in total. The molecule has 0 amide bonds. The second-order valence-electron chi connectivity index (χ2n) is 0.513. The molecular formula is H15Ba3O7P. The first-order valence-corrected chi connectivity index (χ1v) is 2.35. The summed E-state index contributed by atoms with van der Waals surface area (Å²) in [5.41, 5.74) is 0. The van der Waals surface area contributed by atoms with Crippen molar-refractivity contribution in [3.05, 3.63) is 0 Å². The standard InChI is InChI=1S/3Ba.H3O4P.3H2O.6H/c;;;1-5(2,3)4;;;;;;;;;/h;;;(H3,1,2,3,4);3*1H2;;;;;;/q3*+2;;;;;6*-1. The average molecular weight is 570 g/mol. The van der Waals surface area contributed by atoms with Crippen LogP contribution < -0.4 is 0 Å². The summed E-state index contributed by atoms with van der Waals surface area (Å²) in [5.74, 6) is 0. The van der Waals surface area contributed by atoms with Crippen molar-refractivity contribution in [3.8, 4) is 0 Å². The number of phosphoric acid groups is 1. The van der Waals surface area contributed by atoms with Crippen LogP contribution in [0.1, 0.15) is 8.56 Å². The minimum absolute atomic E-state index is 0. The van der Waals surface area contributed by atoms with Gasteiger partial charge < -0.3 is 39.7 Å². The quantitative estimate of drug-likeness (QED) is 0.200. The van der Waals surface area contributed by atoms with Crippen LogP contribution in [0.5, 0.6) is 0 Å². The zero-order valence-corrected chi connectivity index (χ0v) is 20.0. The average Bonchev–Trinajstić information content (AvgIpc) is 0.722. The van der Waals surface area contributed by atoms with Crippen molar-refractivity contribution in [3.63, 3.8) is 0 Å². The van der Waals surface area contributed by atoms with E-state index in [0.29, 0.717) is 0 Å². The van der Waals surface area contributed by atoms with E-state index in [9.17, 15) is 0 Å². The van der Waals surface area contributed by atoms with Gasteiger partial charge in [0.2, 0.25) is 0 Å². The zero-order valence-electron chi connectivity index (χ0n) is 11.8. The van der Waals surface area contributed by atoms with E-state index in [-0.39, 0.29) is 172 Å². The molecule has 0 aliphatic heterocycles. The first kappa shape index (κ1) is 44.8. The predicted octanol–water partition coefficient (Wildman–Crippen LogP) is -3.87. The summed E-state index contributed by atoms with van der Waals surface area (Å²) in [4.78, 5) is 21.6. The Balaban J connectivity index is -0.00000000121. The Morgan fingerprint density at radius 1 is 0.818 bits per heavy atom. The van der Waals surface area contributed by atoms with E-state index in [0.717, 1.165) is 0 Å². The number of hydrogen-bond donors (Lipinski definition) is 3. The van der Waals surface area contributed by atoms with E-state index in [4.69, 9.17) is 19.2 Å². The summed E-state index contributed by atoms with van der Waals surface area (Å²) >= 11 is 0. The van der Waals surface area contributed by atoms with Gasteiger partial charge in [0.1, 0.15) is 0 Å². The summed E-state index contributed by atoms with van der Waals surface area (Å²) in [5, 5.41) is 0. The normalized spacial score (nSPS) is 5.36. The Bertz CT molecular complexity index is 75.7. The number of rotatable bonds is 0. The molecule has 11 heavy (non-hydrogen) atoms. The Morgan fingerprint density at radius 3 is 0.818 bits per heavy atom. The largest absolute Gasteiger partial charge is 2.00 e. The van der Waals surface area contributed by atoms with Crippen molar-refractivity contribution in [1.29, 1.82) is 0 Å². The van der Waals surface area contributed by atoms with Crippen LogP contribution in [0.25, 0.3) is 0 Å². The second-order valence-corrected chi connectivity index (χ2v) is 1.54. The van der Waals surface area contributed by atoms with Gasteiger partial charge in [0.25, 0.3) is 0 Å². The maximum Gasteiger partial charge on any atom is 2.00 e. The van der Waals surface area contributed by atoms with Gasteiger partial charge in [0.15, 0.2) is 0 Å². The van der Waals surface area contributed by atoms with Crippen molar-refractivity contribution in [2.45, 2.75) is 0 Å². The zero-order chi connectivity index (χ0) is 4.50. The van der Waals surface area contributed by atoms with Crippen LogP contribution in [0.3, 0.4) is 0 Å². The maximum absolute atomic E-state index is 8.88. The van der Waals surface area contributed by atoms with Gasteiger partial charge >= 0.3 is 154 Å². The third-order valence-electron chi connectivity index (χ3n) is 0. The van der Waals surface area contributed by atoms with Crippen LogP contribution in [0, 0.1) is 0 Å². The molecule has 0 fully saturated rings. The summed E-state index contributed by atoms with van der Waals surface area (Å²) in [7, 11) is -4.64. The smallest absolute Gasteiger partial charge is 1.00 e. The third kappa shape index (κ3) is 107. The van der Waals surface area contributed by atoms with Crippen molar-refractivity contribution < 1.29 is 44.2 Å². The molecule has 0 saturated carbocycles. The molecule has 0 bridgehead atoms. The summed E-state index contributed by atoms with van der Waals surface area (Å²) in [6.07, 6.45) is 0. The molecule has 0 heterocycles. The Kier molecular flexibility index (Phi) is 98.2. The van der Waals surface area contributed by atoms with Gasteiger partial charge in [-0.15, -0.1) is 0 Å². The Hall–Kier alpha value is 4.70. The molecule has 9 N–H and O–H groups in total. The molecule has 0 unspecified atom stereocenters. The molecule has 0 aromatic carbocycles. The molecule has 0 radical (unpaired) electrons.